The van der Waals surface area contributed by atoms with Crippen molar-refractivity contribution in [2.75, 3.05) is 12.4 Å². The number of carbonyl (C=O) groups excluding carboxylic acids is 1. The van der Waals surface area contributed by atoms with E-state index in [0.29, 0.717) is 0 Å². The molecule has 14 heavy (non-hydrogen) atoms. The molecule has 0 rings (SSSR count). The minimum absolute atomic E-state index is 0. The molecule has 0 unspecified atom stereocenters. The van der Waals surface area contributed by atoms with E-state index in [2.05, 4.69) is 4.74 Å². The molecule has 0 saturated heterocycles. The second-order valence-electron chi connectivity index (χ2n) is 2.28. The van der Waals surface area contributed by atoms with E-state index in [-0.39, 0.29) is 31.9 Å². The number of esters is 1. The SMILES string of the molecule is CC=CC(=O)OCCCS(=O)(=O)[O-].[Li+]. The summed E-state index contributed by atoms with van der Waals surface area (Å²) in [4.78, 5) is 10.6. The molecule has 0 amide bonds. The Bertz CT molecular complexity index is 282. The number of rotatable bonds is 5. The Labute approximate surface area is 95.4 Å². The van der Waals surface area contributed by atoms with Crippen LogP contribution in [0, 0.1) is 0 Å². The van der Waals surface area contributed by atoms with Crippen LogP contribution in [0.5, 0.6) is 0 Å². The van der Waals surface area contributed by atoms with Gasteiger partial charge in [0.15, 0.2) is 0 Å². The summed E-state index contributed by atoms with van der Waals surface area (Å²) in [7, 11) is -4.19. The molecule has 76 valence electrons. The van der Waals surface area contributed by atoms with Gasteiger partial charge in [-0.1, -0.05) is 6.08 Å². The van der Waals surface area contributed by atoms with E-state index in [4.69, 9.17) is 0 Å². The average molecular weight is 214 g/mol. The van der Waals surface area contributed by atoms with Crippen molar-refractivity contribution >= 4 is 16.1 Å². The van der Waals surface area contributed by atoms with Gasteiger partial charge in [0.05, 0.1) is 16.7 Å². The van der Waals surface area contributed by atoms with Gasteiger partial charge in [0.25, 0.3) is 0 Å². The first-order valence-electron chi connectivity index (χ1n) is 3.68. The van der Waals surface area contributed by atoms with Gasteiger partial charge in [-0.3, -0.25) is 0 Å². The van der Waals surface area contributed by atoms with Crippen LogP contribution < -0.4 is 18.9 Å². The number of hydrogen-bond donors (Lipinski definition) is 0. The molecule has 0 aromatic rings. The van der Waals surface area contributed by atoms with Crippen LogP contribution in [-0.2, 0) is 19.6 Å². The fourth-order valence-corrected chi connectivity index (χ4v) is 1.06. The molecule has 0 saturated carbocycles. The van der Waals surface area contributed by atoms with Crippen LogP contribution in [-0.4, -0.2) is 31.3 Å². The van der Waals surface area contributed by atoms with Gasteiger partial charge in [-0.05, 0) is 13.3 Å². The van der Waals surface area contributed by atoms with Crippen molar-refractivity contribution in [3.05, 3.63) is 12.2 Å². The first kappa shape index (κ1) is 16.2. The molecule has 0 fully saturated rings. The Morgan fingerprint density at radius 3 is 2.50 bits per heavy atom. The van der Waals surface area contributed by atoms with E-state index in [1.807, 2.05) is 0 Å². The van der Waals surface area contributed by atoms with Crippen LogP contribution in [0.1, 0.15) is 13.3 Å². The van der Waals surface area contributed by atoms with Crippen molar-refractivity contribution in [2.24, 2.45) is 0 Å². The summed E-state index contributed by atoms with van der Waals surface area (Å²) in [6.45, 7) is 1.61. The third kappa shape index (κ3) is 11.7. The van der Waals surface area contributed by atoms with Gasteiger partial charge in [-0.25, -0.2) is 13.2 Å². The van der Waals surface area contributed by atoms with Crippen molar-refractivity contribution in [3.63, 3.8) is 0 Å². The third-order valence-corrected chi connectivity index (χ3v) is 1.87. The summed E-state index contributed by atoms with van der Waals surface area (Å²) in [5, 5.41) is 0. The molecule has 0 aliphatic heterocycles. The van der Waals surface area contributed by atoms with Gasteiger partial charge >= 0.3 is 24.8 Å². The predicted molar refractivity (Wildman–Crippen MR) is 45.0 cm³/mol. The Morgan fingerprint density at radius 2 is 2.07 bits per heavy atom. The molecule has 0 aliphatic rings. The molecule has 5 nitrogen and oxygen atoms in total. The second-order valence-corrected chi connectivity index (χ2v) is 3.81. The molecule has 7 heteroatoms. The standard InChI is InChI=1S/C7H12O5S.Li/c1-2-4-7(8)12-5-3-6-13(9,10)11;/h2,4H,3,5-6H2,1H3,(H,9,10,11);/q;+1/p-1. The van der Waals surface area contributed by atoms with E-state index in [1.165, 1.54) is 12.2 Å². The Balaban J connectivity index is 0. The topological polar surface area (TPSA) is 83.5 Å². The van der Waals surface area contributed by atoms with Gasteiger partial charge in [0.1, 0.15) is 0 Å². The molecule has 0 spiro atoms. The van der Waals surface area contributed by atoms with Crippen LogP contribution in [0.15, 0.2) is 12.2 Å². The van der Waals surface area contributed by atoms with Crippen LogP contribution in [0.3, 0.4) is 0 Å². The average Bonchev–Trinajstić information content (AvgIpc) is 1.97. The van der Waals surface area contributed by atoms with Crippen LogP contribution >= 0.6 is 0 Å². The quantitative estimate of drug-likeness (QED) is 0.160. The fraction of sp³-hybridized carbons (Fsp3) is 0.571. The summed E-state index contributed by atoms with van der Waals surface area (Å²) >= 11 is 0. The van der Waals surface area contributed by atoms with Gasteiger partial charge in [-0.2, -0.15) is 0 Å². The number of carbonyl (C=O) groups is 1. The molecule has 0 bridgehead atoms. The summed E-state index contributed by atoms with van der Waals surface area (Å²) < 4.78 is 34.8. The zero-order chi connectivity index (χ0) is 10.3. The van der Waals surface area contributed by atoms with Crippen molar-refractivity contribution in [1.82, 2.24) is 0 Å². The van der Waals surface area contributed by atoms with Gasteiger partial charge in [0, 0.05) is 11.8 Å². The molecule has 0 heterocycles. The molecule has 0 aliphatic carbocycles. The predicted octanol–water partition coefficient (Wildman–Crippen LogP) is -2.95. The van der Waals surface area contributed by atoms with Crippen LogP contribution in [0.2, 0.25) is 0 Å². The maximum Gasteiger partial charge on any atom is 1.00 e. The third-order valence-electron chi connectivity index (χ3n) is 1.09. The summed E-state index contributed by atoms with van der Waals surface area (Å²) in [5.41, 5.74) is 0. The van der Waals surface area contributed by atoms with Crippen LogP contribution in [0.4, 0.5) is 0 Å². The number of hydrogen-bond acceptors (Lipinski definition) is 5. The van der Waals surface area contributed by atoms with E-state index >= 15 is 0 Å². The fourth-order valence-electron chi connectivity index (χ4n) is 0.593. The van der Waals surface area contributed by atoms with Crippen molar-refractivity contribution in [3.8, 4) is 0 Å². The normalized spacial score (nSPS) is 11.0. The summed E-state index contributed by atoms with van der Waals surface area (Å²) in [6, 6.07) is 0. The maximum atomic E-state index is 10.6. The first-order valence-corrected chi connectivity index (χ1v) is 5.26. The molecule has 0 radical (unpaired) electrons. The largest absolute Gasteiger partial charge is 1.00 e. The number of ether oxygens (including phenoxy) is 1. The Kier molecular flexibility index (Phi) is 9.30. The van der Waals surface area contributed by atoms with Crippen molar-refractivity contribution in [2.45, 2.75) is 13.3 Å². The van der Waals surface area contributed by atoms with E-state index < -0.39 is 21.8 Å². The minimum atomic E-state index is -4.19. The van der Waals surface area contributed by atoms with E-state index in [9.17, 15) is 17.8 Å². The Hall–Kier alpha value is -0.283. The van der Waals surface area contributed by atoms with Gasteiger partial charge in [-0.15, -0.1) is 0 Å². The van der Waals surface area contributed by atoms with Crippen molar-refractivity contribution < 1.29 is 41.4 Å². The van der Waals surface area contributed by atoms with E-state index in [0.717, 1.165) is 0 Å². The molecular weight excluding hydrogens is 203 g/mol. The minimum Gasteiger partial charge on any atom is -0.748 e. The second kappa shape index (κ2) is 8.06. The van der Waals surface area contributed by atoms with Gasteiger partial charge in [0.2, 0.25) is 0 Å². The summed E-state index contributed by atoms with van der Waals surface area (Å²) in [5.74, 6) is -1.04. The van der Waals surface area contributed by atoms with Crippen LogP contribution in [0.25, 0.3) is 0 Å². The summed E-state index contributed by atoms with van der Waals surface area (Å²) in [6.07, 6.45) is 2.76. The van der Waals surface area contributed by atoms with Gasteiger partial charge < -0.3 is 9.29 Å². The number of allylic oxidation sites excluding steroid dienone is 1. The van der Waals surface area contributed by atoms with E-state index in [1.54, 1.807) is 6.92 Å². The molecule has 0 aromatic heterocycles. The molecule has 0 N–H and O–H groups in total. The van der Waals surface area contributed by atoms with Crippen molar-refractivity contribution in [1.29, 1.82) is 0 Å². The molecule has 0 atom stereocenters. The zero-order valence-electron chi connectivity index (χ0n) is 8.23. The first-order chi connectivity index (χ1) is 5.95. The molecular formula is C7H11LiO5S. The monoisotopic (exact) mass is 214 g/mol. The smallest absolute Gasteiger partial charge is 0.748 e. The zero-order valence-corrected chi connectivity index (χ0v) is 9.04. The molecule has 0 aromatic carbocycles. The Morgan fingerprint density at radius 1 is 1.50 bits per heavy atom. The maximum absolute atomic E-state index is 10.6.